The van der Waals surface area contributed by atoms with Gasteiger partial charge in [0, 0.05) is 5.54 Å². The summed E-state index contributed by atoms with van der Waals surface area (Å²) in [6, 6.07) is 7.57. The minimum atomic E-state index is -0.475. The lowest BCUT2D eigenvalue weighted by Crippen LogP contribution is -2.50. The summed E-state index contributed by atoms with van der Waals surface area (Å²) in [7, 11) is 1.62. The first-order valence-electron chi connectivity index (χ1n) is 6.54. The van der Waals surface area contributed by atoms with Gasteiger partial charge in [-0.05, 0) is 39.8 Å². The molecule has 1 aromatic carbocycles. The number of methoxy groups -OCH3 is 1. The number of rotatable bonds is 4. The topological polar surface area (TPSA) is 74.2 Å². The molecule has 5 nitrogen and oxygen atoms in total. The van der Waals surface area contributed by atoms with Gasteiger partial charge in [-0.3, -0.25) is 0 Å². The van der Waals surface area contributed by atoms with Gasteiger partial charge in [-0.25, -0.2) is 0 Å². The standard InChI is InChI=1S/C15H21N3O2/c1-14(2,15(3,4)16)13-17-12(18-20-13)10-8-6-7-9-11(10)19-5/h6-9H,16H2,1-5H3. The van der Waals surface area contributed by atoms with Gasteiger partial charge in [0.2, 0.25) is 11.7 Å². The molecule has 2 rings (SSSR count). The summed E-state index contributed by atoms with van der Waals surface area (Å²) in [4.78, 5) is 4.49. The van der Waals surface area contributed by atoms with E-state index in [1.165, 1.54) is 0 Å². The van der Waals surface area contributed by atoms with Crippen LogP contribution < -0.4 is 10.5 Å². The van der Waals surface area contributed by atoms with Gasteiger partial charge in [0.05, 0.1) is 18.1 Å². The maximum Gasteiger partial charge on any atom is 0.234 e. The normalized spacial score (nSPS) is 12.5. The van der Waals surface area contributed by atoms with Crippen molar-refractivity contribution in [2.75, 3.05) is 7.11 Å². The maximum atomic E-state index is 6.20. The first kappa shape index (κ1) is 14.5. The van der Waals surface area contributed by atoms with Crippen LogP contribution in [0.4, 0.5) is 0 Å². The van der Waals surface area contributed by atoms with Crippen LogP contribution in [0, 0.1) is 0 Å². The zero-order valence-electron chi connectivity index (χ0n) is 12.6. The number of nitrogens with two attached hydrogens (primary N) is 1. The molecule has 0 radical (unpaired) electrons. The number of para-hydroxylation sites is 1. The second-order valence-corrected chi connectivity index (χ2v) is 5.97. The Hall–Kier alpha value is -1.88. The summed E-state index contributed by atoms with van der Waals surface area (Å²) in [6.07, 6.45) is 0. The van der Waals surface area contributed by atoms with Gasteiger partial charge in [-0.2, -0.15) is 4.98 Å². The fraction of sp³-hybridized carbons (Fsp3) is 0.467. The van der Waals surface area contributed by atoms with E-state index in [-0.39, 0.29) is 0 Å². The molecule has 0 aliphatic heterocycles. The Bertz CT molecular complexity index is 597. The first-order chi connectivity index (χ1) is 9.27. The highest BCUT2D eigenvalue weighted by atomic mass is 16.5. The van der Waals surface area contributed by atoms with Crippen LogP contribution in [-0.4, -0.2) is 22.8 Å². The third kappa shape index (κ3) is 2.41. The highest BCUT2D eigenvalue weighted by molar-refractivity contribution is 5.63. The Morgan fingerprint density at radius 2 is 1.80 bits per heavy atom. The van der Waals surface area contributed by atoms with Crippen molar-refractivity contribution in [3.8, 4) is 17.1 Å². The third-order valence-electron chi connectivity index (χ3n) is 3.92. The van der Waals surface area contributed by atoms with Crippen molar-refractivity contribution in [1.29, 1.82) is 0 Å². The van der Waals surface area contributed by atoms with Gasteiger partial charge in [0.1, 0.15) is 5.75 Å². The molecule has 0 spiro atoms. The zero-order chi connectivity index (χ0) is 15.0. The first-order valence-corrected chi connectivity index (χ1v) is 6.54. The highest BCUT2D eigenvalue weighted by Crippen LogP contribution is 2.34. The Labute approximate surface area is 119 Å². The number of hydrogen-bond acceptors (Lipinski definition) is 5. The molecular formula is C15H21N3O2. The molecule has 1 aromatic heterocycles. The minimum absolute atomic E-state index is 0.430. The largest absolute Gasteiger partial charge is 0.496 e. The minimum Gasteiger partial charge on any atom is -0.496 e. The van der Waals surface area contributed by atoms with E-state index in [0.29, 0.717) is 17.5 Å². The molecule has 1 heterocycles. The average molecular weight is 275 g/mol. The molecule has 0 unspecified atom stereocenters. The van der Waals surface area contributed by atoms with E-state index in [0.717, 1.165) is 5.56 Å². The molecule has 0 aliphatic rings. The Morgan fingerprint density at radius 1 is 1.15 bits per heavy atom. The lowest BCUT2D eigenvalue weighted by atomic mass is 9.75. The monoisotopic (exact) mass is 275 g/mol. The molecule has 20 heavy (non-hydrogen) atoms. The van der Waals surface area contributed by atoms with Gasteiger partial charge >= 0.3 is 0 Å². The van der Waals surface area contributed by atoms with E-state index in [4.69, 9.17) is 15.0 Å². The summed E-state index contributed by atoms with van der Waals surface area (Å²) >= 11 is 0. The quantitative estimate of drug-likeness (QED) is 0.928. The second-order valence-electron chi connectivity index (χ2n) is 5.97. The molecule has 108 valence electrons. The maximum absolute atomic E-state index is 6.20. The summed E-state index contributed by atoms with van der Waals surface area (Å²) in [5, 5.41) is 4.05. The Kier molecular flexibility index (Phi) is 3.56. The number of nitrogens with zero attached hydrogens (tertiary/aromatic N) is 2. The van der Waals surface area contributed by atoms with Gasteiger partial charge in [0.25, 0.3) is 0 Å². The van der Waals surface area contributed by atoms with Crippen LogP contribution in [0.15, 0.2) is 28.8 Å². The predicted molar refractivity (Wildman–Crippen MR) is 77.6 cm³/mol. The fourth-order valence-electron chi connectivity index (χ4n) is 1.69. The lowest BCUT2D eigenvalue weighted by Gasteiger charge is -2.34. The predicted octanol–water partition coefficient (Wildman–Crippen LogP) is 2.76. The van der Waals surface area contributed by atoms with E-state index < -0.39 is 11.0 Å². The van der Waals surface area contributed by atoms with Crippen molar-refractivity contribution in [2.45, 2.75) is 38.6 Å². The van der Waals surface area contributed by atoms with Crippen LogP contribution in [-0.2, 0) is 5.41 Å². The van der Waals surface area contributed by atoms with Gasteiger partial charge in [-0.15, -0.1) is 0 Å². The lowest BCUT2D eigenvalue weighted by molar-refractivity contribution is 0.223. The van der Waals surface area contributed by atoms with Gasteiger partial charge < -0.3 is 15.0 Å². The van der Waals surface area contributed by atoms with Gasteiger partial charge in [0.15, 0.2) is 0 Å². The van der Waals surface area contributed by atoms with E-state index in [2.05, 4.69) is 10.1 Å². The average Bonchev–Trinajstić information content (AvgIpc) is 2.87. The summed E-state index contributed by atoms with van der Waals surface area (Å²) in [6.45, 7) is 7.87. The molecule has 0 saturated heterocycles. The SMILES string of the molecule is COc1ccccc1-c1noc(C(C)(C)C(C)(C)N)n1. The van der Waals surface area contributed by atoms with E-state index >= 15 is 0 Å². The molecular weight excluding hydrogens is 254 g/mol. The molecule has 0 amide bonds. The van der Waals surface area contributed by atoms with Crippen molar-refractivity contribution in [1.82, 2.24) is 10.1 Å². The summed E-state index contributed by atoms with van der Waals surface area (Å²) in [5.41, 5.74) is 6.09. The van der Waals surface area contributed by atoms with Crippen molar-refractivity contribution >= 4 is 0 Å². The van der Waals surface area contributed by atoms with E-state index in [9.17, 15) is 0 Å². The van der Waals surface area contributed by atoms with Crippen molar-refractivity contribution < 1.29 is 9.26 Å². The fourth-order valence-corrected chi connectivity index (χ4v) is 1.69. The Balaban J connectivity index is 2.44. The van der Waals surface area contributed by atoms with Crippen molar-refractivity contribution in [3.05, 3.63) is 30.2 Å². The third-order valence-corrected chi connectivity index (χ3v) is 3.92. The van der Waals surface area contributed by atoms with Crippen LogP contribution in [0.25, 0.3) is 11.4 Å². The van der Waals surface area contributed by atoms with Crippen LogP contribution >= 0.6 is 0 Å². The molecule has 2 N–H and O–H groups in total. The van der Waals surface area contributed by atoms with Crippen molar-refractivity contribution in [3.63, 3.8) is 0 Å². The summed E-state index contributed by atoms with van der Waals surface area (Å²) < 4.78 is 10.7. The molecule has 2 aromatic rings. The van der Waals surface area contributed by atoms with Crippen molar-refractivity contribution in [2.24, 2.45) is 5.73 Å². The Morgan fingerprint density at radius 3 is 2.40 bits per heavy atom. The second kappa shape index (κ2) is 4.90. The van der Waals surface area contributed by atoms with Crippen LogP contribution in [0.5, 0.6) is 5.75 Å². The number of hydrogen-bond donors (Lipinski definition) is 1. The van der Waals surface area contributed by atoms with Crippen LogP contribution in [0.2, 0.25) is 0 Å². The molecule has 0 aliphatic carbocycles. The zero-order valence-corrected chi connectivity index (χ0v) is 12.6. The highest BCUT2D eigenvalue weighted by Gasteiger charge is 2.40. The van der Waals surface area contributed by atoms with E-state index in [1.807, 2.05) is 52.0 Å². The van der Waals surface area contributed by atoms with Crippen LogP contribution in [0.3, 0.4) is 0 Å². The number of benzene rings is 1. The molecule has 0 atom stereocenters. The van der Waals surface area contributed by atoms with Crippen LogP contribution in [0.1, 0.15) is 33.6 Å². The number of ether oxygens (including phenoxy) is 1. The number of aromatic nitrogens is 2. The summed E-state index contributed by atoms with van der Waals surface area (Å²) in [5.74, 6) is 1.74. The van der Waals surface area contributed by atoms with Gasteiger partial charge in [-0.1, -0.05) is 17.3 Å². The molecule has 0 bridgehead atoms. The van der Waals surface area contributed by atoms with E-state index in [1.54, 1.807) is 7.11 Å². The smallest absolute Gasteiger partial charge is 0.234 e. The molecule has 5 heteroatoms. The molecule has 0 fully saturated rings. The molecule has 0 saturated carbocycles.